The Kier molecular flexibility index (Phi) is 2.91. The third-order valence-electron chi connectivity index (χ3n) is 3.49. The van der Waals surface area contributed by atoms with Gasteiger partial charge in [0.05, 0.1) is 5.69 Å². The number of nitrogens with two attached hydrogens (primary N) is 1. The van der Waals surface area contributed by atoms with Crippen molar-refractivity contribution in [3.8, 4) is 22.9 Å². The van der Waals surface area contributed by atoms with Crippen LogP contribution in [0.4, 0.5) is 0 Å². The standard InChI is InChI=1S/C14H17N3O2/c1-9-11(5-6-15)16-14(17(9)2)10-3-4-12-13(7-10)19-8-18-12/h3-4,7H,5-6,8,15H2,1-2H3. The van der Waals surface area contributed by atoms with Crippen LogP contribution in [-0.2, 0) is 13.5 Å². The van der Waals surface area contributed by atoms with Gasteiger partial charge < -0.3 is 19.8 Å². The van der Waals surface area contributed by atoms with E-state index in [2.05, 4.69) is 16.5 Å². The van der Waals surface area contributed by atoms with Crippen molar-refractivity contribution in [3.05, 3.63) is 29.6 Å². The normalized spacial score (nSPS) is 13.0. The number of imidazole rings is 1. The summed E-state index contributed by atoms with van der Waals surface area (Å²) in [6.45, 7) is 2.96. The Labute approximate surface area is 112 Å². The lowest BCUT2D eigenvalue weighted by Gasteiger charge is -2.04. The molecule has 1 aliphatic rings. The zero-order chi connectivity index (χ0) is 13.4. The quantitative estimate of drug-likeness (QED) is 0.910. The van der Waals surface area contributed by atoms with Crippen LogP contribution in [0.1, 0.15) is 11.4 Å². The molecular formula is C14H17N3O2. The van der Waals surface area contributed by atoms with E-state index in [1.165, 1.54) is 0 Å². The Morgan fingerprint density at radius 3 is 2.89 bits per heavy atom. The average molecular weight is 259 g/mol. The summed E-state index contributed by atoms with van der Waals surface area (Å²) >= 11 is 0. The summed E-state index contributed by atoms with van der Waals surface area (Å²) < 4.78 is 12.8. The molecule has 1 aromatic heterocycles. The molecule has 3 rings (SSSR count). The molecule has 0 bridgehead atoms. The van der Waals surface area contributed by atoms with Crippen molar-refractivity contribution in [2.75, 3.05) is 13.3 Å². The molecule has 19 heavy (non-hydrogen) atoms. The summed E-state index contributed by atoms with van der Waals surface area (Å²) in [6, 6.07) is 5.89. The van der Waals surface area contributed by atoms with Crippen molar-refractivity contribution in [2.24, 2.45) is 12.8 Å². The predicted molar refractivity (Wildman–Crippen MR) is 72.3 cm³/mol. The van der Waals surface area contributed by atoms with Gasteiger partial charge in [-0.05, 0) is 31.7 Å². The van der Waals surface area contributed by atoms with Gasteiger partial charge in [-0.1, -0.05) is 0 Å². The van der Waals surface area contributed by atoms with E-state index in [0.29, 0.717) is 6.54 Å². The van der Waals surface area contributed by atoms with Gasteiger partial charge in [0.15, 0.2) is 11.5 Å². The highest BCUT2D eigenvalue weighted by Crippen LogP contribution is 2.35. The smallest absolute Gasteiger partial charge is 0.231 e. The summed E-state index contributed by atoms with van der Waals surface area (Å²) in [5.41, 5.74) is 8.85. The van der Waals surface area contributed by atoms with E-state index < -0.39 is 0 Å². The second-order valence-corrected chi connectivity index (χ2v) is 4.63. The van der Waals surface area contributed by atoms with Crippen LogP contribution in [0.25, 0.3) is 11.4 Å². The van der Waals surface area contributed by atoms with Gasteiger partial charge >= 0.3 is 0 Å². The average Bonchev–Trinajstić information content (AvgIpc) is 2.98. The zero-order valence-corrected chi connectivity index (χ0v) is 11.1. The van der Waals surface area contributed by atoms with E-state index >= 15 is 0 Å². The lowest BCUT2D eigenvalue weighted by molar-refractivity contribution is 0.174. The van der Waals surface area contributed by atoms with Crippen LogP contribution in [-0.4, -0.2) is 22.9 Å². The van der Waals surface area contributed by atoms with Crippen molar-refractivity contribution in [1.29, 1.82) is 0 Å². The molecule has 0 atom stereocenters. The van der Waals surface area contributed by atoms with E-state index in [1.807, 2.05) is 25.2 Å². The predicted octanol–water partition coefficient (Wildman–Crippen LogP) is 1.63. The molecule has 2 N–H and O–H groups in total. The van der Waals surface area contributed by atoms with Crippen LogP contribution in [0.5, 0.6) is 11.5 Å². The molecule has 0 amide bonds. The molecule has 0 spiro atoms. The topological polar surface area (TPSA) is 62.3 Å². The van der Waals surface area contributed by atoms with Crippen LogP contribution < -0.4 is 15.2 Å². The maximum absolute atomic E-state index is 5.62. The Hall–Kier alpha value is -2.01. The Balaban J connectivity index is 2.04. The molecule has 5 nitrogen and oxygen atoms in total. The molecule has 0 aliphatic carbocycles. The molecule has 0 fully saturated rings. The largest absolute Gasteiger partial charge is 0.454 e. The minimum absolute atomic E-state index is 0.288. The minimum Gasteiger partial charge on any atom is -0.454 e. The number of nitrogens with zero attached hydrogens (tertiary/aromatic N) is 2. The first-order valence-corrected chi connectivity index (χ1v) is 6.33. The molecule has 1 aliphatic heterocycles. The van der Waals surface area contributed by atoms with E-state index in [4.69, 9.17) is 15.2 Å². The van der Waals surface area contributed by atoms with Crippen LogP contribution in [0.15, 0.2) is 18.2 Å². The van der Waals surface area contributed by atoms with Crippen molar-refractivity contribution in [2.45, 2.75) is 13.3 Å². The summed E-state index contributed by atoms with van der Waals surface area (Å²) in [4.78, 5) is 4.68. The van der Waals surface area contributed by atoms with Gasteiger partial charge in [-0.15, -0.1) is 0 Å². The van der Waals surface area contributed by atoms with Gasteiger partial charge in [-0.25, -0.2) is 4.98 Å². The molecular weight excluding hydrogens is 242 g/mol. The first-order valence-electron chi connectivity index (χ1n) is 6.33. The van der Waals surface area contributed by atoms with E-state index in [0.717, 1.165) is 40.7 Å². The highest BCUT2D eigenvalue weighted by Gasteiger charge is 2.17. The second-order valence-electron chi connectivity index (χ2n) is 4.63. The third kappa shape index (κ3) is 1.96. The molecule has 100 valence electrons. The minimum atomic E-state index is 0.288. The van der Waals surface area contributed by atoms with E-state index in [1.54, 1.807) is 0 Å². The number of hydrogen-bond donors (Lipinski definition) is 1. The number of benzene rings is 1. The van der Waals surface area contributed by atoms with Crippen LogP contribution in [0.2, 0.25) is 0 Å². The first kappa shape index (κ1) is 12.0. The van der Waals surface area contributed by atoms with Gasteiger partial charge in [-0.2, -0.15) is 0 Å². The molecule has 0 unspecified atom stereocenters. The molecule has 0 saturated heterocycles. The van der Waals surface area contributed by atoms with Crippen molar-refractivity contribution in [1.82, 2.24) is 9.55 Å². The lowest BCUT2D eigenvalue weighted by atomic mass is 10.2. The lowest BCUT2D eigenvalue weighted by Crippen LogP contribution is -2.04. The van der Waals surface area contributed by atoms with Gasteiger partial charge in [0.25, 0.3) is 0 Å². The molecule has 2 heterocycles. The Bertz CT molecular complexity index is 619. The van der Waals surface area contributed by atoms with Crippen LogP contribution in [0.3, 0.4) is 0 Å². The maximum Gasteiger partial charge on any atom is 0.231 e. The summed E-state index contributed by atoms with van der Waals surface area (Å²) in [6.07, 6.45) is 0.796. The van der Waals surface area contributed by atoms with Gasteiger partial charge in [0.1, 0.15) is 5.82 Å². The van der Waals surface area contributed by atoms with Gasteiger partial charge in [0.2, 0.25) is 6.79 Å². The second kappa shape index (κ2) is 4.59. The molecule has 0 radical (unpaired) electrons. The van der Waals surface area contributed by atoms with Gasteiger partial charge in [-0.3, -0.25) is 0 Å². The van der Waals surface area contributed by atoms with Crippen molar-refractivity contribution < 1.29 is 9.47 Å². The zero-order valence-electron chi connectivity index (χ0n) is 11.1. The fourth-order valence-electron chi connectivity index (χ4n) is 2.30. The monoisotopic (exact) mass is 259 g/mol. The molecule has 1 aromatic carbocycles. The molecule has 5 heteroatoms. The first-order chi connectivity index (χ1) is 9.20. The van der Waals surface area contributed by atoms with Crippen molar-refractivity contribution >= 4 is 0 Å². The molecule has 0 saturated carbocycles. The number of fused-ring (bicyclic) bond motifs is 1. The molecule has 2 aromatic rings. The number of rotatable bonds is 3. The highest BCUT2D eigenvalue weighted by molar-refractivity contribution is 5.63. The van der Waals surface area contributed by atoms with E-state index in [-0.39, 0.29) is 6.79 Å². The van der Waals surface area contributed by atoms with Gasteiger partial charge in [0, 0.05) is 24.7 Å². The number of hydrogen-bond acceptors (Lipinski definition) is 4. The summed E-state index contributed by atoms with van der Waals surface area (Å²) in [5, 5.41) is 0. The van der Waals surface area contributed by atoms with E-state index in [9.17, 15) is 0 Å². The third-order valence-corrected chi connectivity index (χ3v) is 3.49. The summed E-state index contributed by atoms with van der Waals surface area (Å²) in [7, 11) is 2.02. The highest BCUT2D eigenvalue weighted by atomic mass is 16.7. The Morgan fingerprint density at radius 2 is 2.11 bits per heavy atom. The van der Waals surface area contributed by atoms with Crippen LogP contribution in [0, 0.1) is 6.92 Å². The van der Waals surface area contributed by atoms with Crippen molar-refractivity contribution in [3.63, 3.8) is 0 Å². The number of ether oxygens (including phenoxy) is 2. The fraction of sp³-hybridized carbons (Fsp3) is 0.357. The fourth-order valence-corrected chi connectivity index (χ4v) is 2.30. The number of aromatic nitrogens is 2. The SMILES string of the molecule is Cc1c(CCN)nc(-c2ccc3c(c2)OCO3)n1C. The van der Waals surface area contributed by atoms with Crippen LogP contribution >= 0.6 is 0 Å². The Morgan fingerprint density at radius 1 is 1.32 bits per heavy atom. The summed E-state index contributed by atoms with van der Waals surface area (Å²) in [5.74, 6) is 2.50. The maximum atomic E-state index is 5.62.